The molecule has 0 aliphatic carbocycles. The highest BCUT2D eigenvalue weighted by Crippen LogP contribution is 2.26. The Kier molecular flexibility index (Phi) is 3.65. The molecule has 0 saturated heterocycles. The maximum atomic E-state index is 5.63. The van der Waals surface area contributed by atoms with Gasteiger partial charge in [0.1, 0.15) is 5.69 Å². The lowest BCUT2D eigenvalue weighted by Crippen LogP contribution is -1.96. The summed E-state index contributed by atoms with van der Waals surface area (Å²) in [5.41, 5.74) is 9.54. The summed E-state index contributed by atoms with van der Waals surface area (Å²) in [6.45, 7) is 0.394. The minimum Gasteiger partial charge on any atom is -0.356 e. The van der Waals surface area contributed by atoms with Gasteiger partial charge in [0, 0.05) is 11.9 Å². The number of hydrogen-bond donors (Lipinski definition) is 1. The van der Waals surface area contributed by atoms with Crippen LogP contribution in [0.1, 0.15) is 5.69 Å². The van der Waals surface area contributed by atoms with Gasteiger partial charge in [-0.05, 0) is 23.3 Å². The first-order valence-corrected chi connectivity index (χ1v) is 5.52. The van der Waals surface area contributed by atoms with Gasteiger partial charge in [-0.3, -0.25) is 0 Å². The first-order valence-electron chi connectivity index (χ1n) is 5.52. The normalized spacial score (nSPS) is 10.3. The fraction of sp³-hybridized carbons (Fsp3) is 0.0714. The van der Waals surface area contributed by atoms with Crippen molar-refractivity contribution in [3.8, 4) is 11.1 Å². The van der Waals surface area contributed by atoms with Gasteiger partial charge in [0.05, 0.1) is 0 Å². The SMILES string of the molecule is Cl.NCc1noc2ccc(-c3ccccc3)cc12. The van der Waals surface area contributed by atoms with E-state index in [-0.39, 0.29) is 12.4 Å². The number of benzene rings is 2. The van der Waals surface area contributed by atoms with Gasteiger partial charge < -0.3 is 10.3 Å². The first-order chi connectivity index (χ1) is 8.38. The molecule has 18 heavy (non-hydrogen) atoms. The predicted molar refractivity (Wildman–Crippen MR) is 74.6 cm³/mol. The molecule has 0 aliphatic rings. The summed E-state index contributed by atoms with van der Waals surface area (Å²) in [6.07, 6.45) is 0. The Hall–Kier alpha value is -1.84. The Morgan fingerprint density at radius 1 is 1.00 bits per heavy atom. The number of nitrogens with zero attached hydrogens (tertiary/aromatic N) is 1. The van der Waals surface area contributed by atoms with Crippen molar-refractivity contribution in [1.82, 2.24) is 5.16 Å². The third kappa shape index (κ3) is 2.10. The molecule has 2 N–H and O–H groups in total. The first kappa shape index (κ1) is 12.6. The minimum atomic E-state index is 0. The molecule has 0 unspecified atom stereocenters. The molecule has 0 aliphatic heterocycles. The van der Waals surface area contributed by atoms with Gasteiger partial charge >= 0.3 is 0 Å². The van der Waals surface area contributed by atoms with Crippen molar-refractivity contribution in [2.75, 3.05) is 0 Å². The summed E-state index contributed by atoms with van der Waals surface area (Å²) >= 11 is 0. The Morgan fingerprint density at radius 2 is 1.78 bits per heavy atom. The molecule has 3 nitrogen and oxygen atoms in total. The number of rotatable bonds is 2. The quantitative estimate of drug-likeness (QED) is 0.769. The van der Waals surface area contributed by atoms with Crippen LogP contribution in [0.5, 0.6) is 0 Å². The average molecular weight is 261 g/mol. The van der Waals surface area contributed by atoms with Crippen LogP contribution in [0.4, 0.5) is 0 Å². The lowest BCUT2D eigenvalue weighted by Gasteiger charge is -2.00. The molecule has 0 bridgehead atoms. The molecule has 1 heterocycles. The molecule has 4 heteroatoms. The van der Waals surface area contributed by atoms with Crippen LogP contribution in [0.3, 0.4) is 0 Å². The number of fused-ring (bicyclic) bond motifs is 1. The summed E-state index contributed by atoms with van der Waals surface area (Å²) in [5, 5.41) is 4.94. The maximum absolute atomic E-state index is 5.63. The molecule has 0 radical (unpaired) electrons. The van der Waals surface area contributed by atoms with E-state index in [0.717, 1.165) is 22.2 Å². The zero-order valence-corrected chi connectivity index (χ0v) is 10.5. The second-order valence-corrected chi connectivity index (χ2v) is 3.91. The van der Waals surface area contributed by atoms with E-state index in [1.54, 1.807) is 0 Å². The topological polar surface area (TPSA) is 52.0 Å². The van der Waals surface area contributed by atoms with E-state index in [9.17, 15) is 0 Å². The zero-order chi connectivity index (χ0) is 11.7. The summed E-state index contributed by atoms with van der Waals surface area (Å²) in [7, 11) is 0. The Morgan fingerprint density at radius 3 is 2.50 bits per heavy atom. The third-order valence-electron chi connectivity index (χ3n) is 2.85. The van der Waals surface area contributed by atoms with Crippen LogP contribution >= 0.6 is 12.4 Å². The second-order valence-electron chi connectivity index (χ2n) is 3.91. The zero-order valence-electron chi connectivity index (χ0n) is 9.67. The van der Waals surface area contributed by atoms with Crippen LogP contribution in [0.15, 0.2) is 53.1 Å². The van der Waals surface area contributed by atoms with E-state index in [4.69, 9.17) is 10.3 Å². The van der Waals surface area contributed by atoms with Crippen molar-refractivity contribution in [3.63, 3.8) is 0 Å². The molecule has 0 saturated carbocycles. The smallest absolute Gasteiger partial charge is 0.167 e. The lowest BCUT2D eigenvalue weighted by atomic mass is 10.0. The highest BCUT2D eigenvalue weighted by Gasteiger charge is 2.07. The molecule has 0 amide bonds. The van der Waals surface area contributed by atoms with E-state index in [0.29, 0.717) is 6.54 Å². The largest absolute Gasteiger partial charge is 0.356 e. The maximum Gasteiger partial charge on any atom is 0.167 e. The molecule has 0 atom stereocenters. The Bertz CT molecular complexity index is 649. The van der Waals surface area contributed by atoms with Crippen LogP contribution in [-0.4, -0.2) is 5.16 Å². The molecule has 0 spiro atoms. The molecule has 1 aromatic heterocycles. The number of hydrogen-bond acceptors (Lipinski definition) is 3. The lowest BCUT2D eigenvalue weighted by molar-refractivity contribution is 0.446. The minimum absolute atomic E-state index is 0. The van der Waals surface area contributed by atoms with Crippen LogP contribution in [0.2, 0.25) is 0 Å². The van der Waals surface area contributed by atoms with Crippen molar-refractivity contribution in [3.05, 3.63) is 54.2 Å². The monoisotopic (exact) mass is 260 g/mol. The fourth-order valence-electron chi connectivity index (χ4n) is 1.95. The van der Waals surface area contributed by atoms with Crippen molar-refractivity contribution in [1.29, 1.82) is 0 Å². The van der Waals surface area contributed by atoms with Gasteiger partial charge in [-0.1, -0.05) is 41.6 Å². The van der Waals surface area contributed by atoms with Crippen molar-refractivity contribution >= 4 is 23.4 Å². The van der Waals surface area contributed by atoms with E-state index in [2.05, 4.69) is 23.4 Å². The highest BCUT2D eigenvalue weighted by molar-refractivity contribution is 5.85. The van der Waals surface area contributed by atoms with E-state index in [1.165, 1.54) is 5.56 Å². The van der Waals surface area contributed by atoms with E-state index in [1.807, 2.05) is 30.3 Å². The van der Waals surface area contributed by atoms with Crippen LogP contribution in [0.25, 0.3) is 22.1 Å². The molecule has 3 aromatic rings. The molecule has 2 aromatic carbocycles. The summed E-state index contributed by atoms with van der Waals surface area (Å²) in [4.78, 5) is 0. The Balaban J connectivity index is 0.00000120. The van der Waals surface area contributed by atoms with Gasteiger partial charge in [0.2, 0.25) is 0 Å². The van der Waals surface area contributed by atoms with Crippen molar-refractivity contribution in [2.24, 2.45) is 5.73 Å². The average Bonchev–Trinajstić information content (AvgIpc) is 2.81. The summed E-state index contributed by atoms with van der Waals surface area (Å²) in [6, 6.07) is 16.3. The molecular weight excluding hydrogens is 248 g/mol. The number of halogens is 1. The van der Waals surface area contributed by atoms with Crippen LogP contribution in [-0.2, 0) is 6.54 Å². The van der Waals surface area contributed by atoms with Gasteiger partial charge in [-0.25, -0.2) is 0 Å². The van der Waals surface area contributed by atoms with Crippen molar-refractivity contribution in [2.45, 2.75) is 6.54 Å². The van der Waals surface area contributed by atoms with Crippen LogP contribution < -0.4 is 5.73 Å². The van der Waals surface area contributed by atoms with Gasteiger partial charge in [0.25, 0.3) is 0 Å². The fourth-order valence-corrected chi connectivity index (χ4v) is 1.95. The van der Waals surface area contributed by atoms with Gasteiger partial charge in [-0.15, -0.1) is 12.4 Å². The molecular formula is C14H13ClN2O. The van der Waals surface area contributed by atoms with Gasteiger partial charge in [-0.2, -0.15) is 0 Å². The van der Waals surface area contributed by atoms with E-state index >= 15 is 0 Å². The number of aromatic nitrogens is 1. The Labute approximate surface area is 111 Å². The van der Waals surface area contributed by atoms with Gasteiger partial charge in [0.15, 0.2) is 5.58 Å². The molecule has 92 valence electrons. The summed E-state index contributed by atoms with van der Waals surface area (Å²) < 4.78 is 5.20. The number of nitrogens with two attached hydrogens (primary N) is 1. The standard InChI is InChI=1S/C14H12N2O.ClH/c15-9-13-12-8-11(6-7-14(12)17-16-13)10-4-2-1-3-5-10;/h1-8H,9,15H2;1H. The predicted octanol–water partition coefficient (Wildman–Crippen LogP) is 3.38. The highest BCUT2D eigenvalue weighted by atomic mass is 35.5. The van der Waals surface area contributed by atoms with Crippen molar-refractivity contribution < 1.29 is 4.52 Å². The molecule has 0 fully saturated rings. The summed E-state index contributed by atoms with van der Waals surface area (Å²) in [5.74, 6) is 0. The van der Waals surface area contributed by atoms with Crippen LogP contribution in [0, 0.1) is 0 Å². The second kappa shape index (κ2) is 5.21. The van der Waals surface area contributed by atoms with E-state index < -0.39 is 0 Å². The third-order valence-corrected chi connectivity index (χ3v) is 2.85. The molecule has 3 rings (SSSR count).